The molecular formula is C52H33NO2. The molecule has 0 fully saturated rings. The molecule has 0 aliphatic rings. The smallest absolute Gasteiger partial charge is 0.143 e. The Balaban J connectivity index is 1.07. The lowest BCUT2D eigenvalue weighted by Crippen LogP contribution is -2.11. The molecule has 2 aromatic heterocycles. The number of nitrogens with zero attached hydrogens (tertiary/aromatic N) is 1. The monoisotopic (exact) mass is 703 g/mol. The summed E-state index contributed by atoms with van der Waals surface area (Å²) in [6.07, 6.45) is 0. The quantitative estimate of drug-likeness (QED) is 0.173. The number of hydrogen-bond acceptors (Lipinski definition) is 3. The standard InChI is InChI=1S/C52H33NO2/c1-2-12-37-33-38(24-23-34(37)11-1)35-25-29-39(30-26-35)53(40-31-27-36(28-32-40)41-16-9-18-45-43-14-4-7-20-48(43)55-52(41)45)47-19-6-3-13-42(47)44-17-10-22-50-51(44)46-15-5-8-21-49(46)54-50/h1-33H. The molecule has 0 N–H and O–H groups in total. The molecule has 0 amide bonds. The van der Waals surface area contributed by atoms with E-state index in [0.717, 1.165) is 83.2 Å². The summed E-state index contributed by atoms with van der Waals surface area (Å²) in [5, 5.41) is 6.96. The molecular weight excluding hydrogens is 671 g/mol. The molecule has 11 rings (SSSR count). The highest BCUT2D eigenvalue weighted by molar-refractivity contribution is 6.14. The van der Waals surface area contributed by atoms with Gasteiger partial charge in [-0.15, -0.1) is 0 Å². The van der Waals surface area contributed by atoms with Crippen molar-refractivity contribution in [2.45, 2.75) is 0 Å². The van der Waals surface area contributed by atoms with E-state index in [1.54, 1.807) is 0 Å². The van der Waals surface area contributed by atoms with Gasteiger partial charge in [-0.2, -0.15) is 0 Å². The van der Waals surface area contributed by atoms with Crippen LogP contribution in [0.25, 0.3) is 88.0 Å². The van der Waals surface area contributed by atoms with Crippen molar-refractivity contribution in [2.75, 3.05) is 4.90 Å². The average Bonchev–Trinajstić information content (AvgIpc) is 3.83. The molecule has 9 aromatic carbocycles. The van der Waals surface area contributed by atoms with Crippen LogP contribution in [0.2, 0.25) is 0 Å². The van der Waals surface area contributed by atoms with Crippen molar-refractivity contribution in [3.63, 3.8) is 0 Å². The minimum Gasteiger partial charge on any atom is -0.456 e. The first-order valence-corrected chi connectivity index (χ1v) is 18.7. The van der Waals surface area contributed by atoms with Crippen molar-refractivity contribution in [1.82, 2.24) is 0 Å². The molecule has 258 valence electrons. The van der Waals surface area contributed by atoms with Crippen molar-refractivity contribution >= 4 is 71.7 Å². The number of furan rings is 2. The Morgan fingerprint density at radius 2 is 0.891 bits per heavy atom. The number of fused-ring (bicyclic) bond motifs is 7. The van der Waals surface area contributed by atoms with Gasteiger partial charge >= 0.3 is 0 Å². The van der Waals surface area contributed by atoms with E-state index in [0.29, 0.717) is 0 Å². The number of anilines is 3. The van der Waals surface area contributed by atoms with E-state index in [1.165, 1.54) is 21.9 Å². The number of para-hydroxylation sites is 4. The lowest BCUT2D eigenvalue weighted by Gasteiger charge is -2.28. The highest BCUT2D eigenvalue weighted by Gasteiger charge is 2.21. The lowest BCUT2D eigenvalue weighted by molar-refractivity contribution is 0.669. The second kappa shape index (κ2) is 12.6. The van der Waals surface area contributed by atoms with Crippen molar-refractivity contribution in [3.8, 4) is 33.4 Å². The van der Waals surface area contributed by atoms with Gasteiger partial charge in [0.15, 0.2) is 0 Å². The van der Waals surface area contributed by atoms with E-state index >= 15 is 0 Å². The number of benzene rings is 9. The number of rotatable bonds is 6. The minimum absolute atomic E-state index is 0.879. The molecule has 3 nitrogen and oxygen atoms in total. The summed E-state index contributed by atoms with van der Waals surface area (Å²) in [5.41, 5.74) is 13.6. The van der Waals surface area contributed by atoms with E-state index in [-0.39, 0.29) is 0 Å². The van der Waals surface area contributed by atoms with E-state index in [1.807, 2.05) is 24.3 Å². The van der Waals surface area contributed by atoms with Gasteiger partial charge in [0, 0.05) is 44.0 Å². The summed E-state index contributed by atoms with van der Waals surface area (Å²) in [6, 6.07) is 71.0. The van der Waals surface area contributed by atoms with Crippen molar-refractivity contribution in [2.24, 2.45) is 0 Å². The third-order valence-corrected chi connectivity index (χ3v) is 10.9. The molecule has 2 heterocycles. The molecule has 0 aliphatic heterocycles. The molecule has 0 spiro atoms. The first-order valence-electron chi connectivity index (χ1n) is 18.7. The fourth-order valence-corrected chi connectivity index (χ4v) is 8.26. The molecule has 0 atom stereocenters. The van der Waals surface area contributed by atoms with Gasteiger partial charge in [0.05, 0.1) is 5.69 Å². The van der Waals surface area contributed by atoms with Crippen LogP contribution in [0, 0.1) is 0 Å². The van der Waals surface area contributed by atoms with Crippen molar-refractivity contribution in [1.29, 1.82) is 0 Å². The highest BCUT2D eigenvalue weighted by Crippen LogP contribution is 2.45. The van der Waals surface area contributed by atoms with Crippen LogP contribution in [0.5, 0.6) is 0 Å². The molecule has 0 saturated heterocycles. The zero-order valence-electron chi connectivity index (χ0n) is 29.8. The van der Waals surface area contributed by atoms with Crippen molar-refractivity contribution in [3.05, 3.63) is 200 Å². The molecule has 0 unspecified atom stereocenters. The Hall–Kier alpha value is -7.36. The first-order chi connectivity index (χ1) is 27.3. The van der Waals surface area contributed by atoms with Gasteiger partial charge in [-0.3, -0.25) is 0 Å². The highest BCUT2D eigenvalue weighted by atomic mass is 16.3. The van der Waals surface area contributed by atoms with Gasteiger partial charge in [-0.1, -0.05) is 146 Å². The van der Waals surface area contributed by atoms with E-state index in [9.17, 15) is 0 Å². The molecule has 0 bridgehead atoms. The number of hydrogen-bond donors (Lipinski definition) is 0. The van der Waals surface area contributed by atoms with Crippen LogP contribution >= 0.6 is 0 Å². The summed E-state index contributed by atoms with van der Waals surface area (Å²) in [4.78, 5) is 2.37. The van der Waals surface area contributed by atoms with Crippen LogP contribution < -0.4 is 4.90 Å². The second-order valence-corrected chi connectivity index (χ2v) is 14.1. The summed E-state index contributed by atoms with van der Waals surface area (Å²) >= 11 is 0. The topological polar surface area (TPSA) is 29.5 Å². The second-order valence-electron chi connectivity index (χ2n) is 14.1. The lowest BCUT2D eigenvalue weighted by atomic mass is 9.96. The summed E-state index contributed by atoms with van der Waals surface area (Å²) < 4.78 is 12.8. The zero-order chi connectivity index (χ0) is 36.3. The van der Waals surface area contributed by atoms with Crippen LogP contribution in [-0.4, -0.2) is 0 Å². The molecule has 0 radical (unpaired) electrons. The minimum atomic E-state index is 0.879. The van der Waals surface area contributed by atoms with E-state index in [2.05, 4.69) is 181 Å². The Kier molecular flexibility index (Phi) is 7.17. The SMILES string of the molecule is c1ccc(N(c2ccc(-c3ccc4ccccc4c3)cc2)c2ccc(-c3cccc4c3oc3ccccc34)cc2)c(-c2cccc3oc4ccccc4c23)c1. The van der Waals surface area contributed by atoms with Crippen LogP contribution in [-0.2, 0) is 0 Å². The van der Waals surface area contributed by atoms with Gasteiger partial charge in [-0.05, 0) is 87.6 Å². The van der Waals surface area contributed by atoms with Gasteiger partial charge < -0.3 is 13.7 Å². The fraction of sp³-hybridized carbons (Fsp3) is 0. The maximum absolute atomic E-state index is 6.43. The van der Waals surface area contributed by atoms with Crippen LogP contribution in [0.4, 0.5) is 17.1 Å². The first kappa shape index (κ1) is 31.2. The van der Waals surface area contributed by atoms with Gasteiger partial charge in [0.2, 0.25) is 0 Å². The molecule has 0 saturated carbocycles. The Morgan fingerprint density at radius 1 is 0.327 bits per heavy atom. The van der Waals surface area contributed by atoms with E-state index < -0.39 is 0 Å². The third kappa shape index (κ3) is 5.20. The Bertz CT molecular complexity index is 3200. The fourth-order valence-electron chi connectivity index (χ4n) is 8.26. The maximum atomic E-state index is 6.43. The molecule has 11 aromatic rings. The summed E-state index contributed by atoms with van der Waals surface area (Å²) in [5.74, 6) is 0. The molecule has 0 aliphatic carbocycles. The van der Waals surface area contributed by atoms with Crippen LogP contribution in [0.1, 0.15) is 0 Å². The molecule has 3 heteroatoms. The van der Waals surface area contributed by atoms with Gasteiger partial charge in [0.1, 0.15) is 22.3 Å². The normalized spacial score (nSPS) is 11.6. The summed E-state index contributed by atoms with van der Waals surface area (Å²) in [7, 11) is 0. The third-order valence-electron chi connectivity index (χ3n) is 10.9. The van der Waals surface area contributed by atoms with Crippen LogP contribution in [0.15, 0.2) is 209 Å². The molecule has 55 heavy (non-hydrogen) atoms. The zero-order valence-corrected chi connectivity index (χ0v) is 29.8. The van der Waals surface area contributed by atoms with Gasteiger partial charge in [0.25, 0.3) is 0 Å². The average molecular weight is 704 g/mol. The van der Waals surface area contributed by atoms with E-state index in [4.69, 9.17) is 8.83 Å². The van der Waals surface area contributed by atoms with Crippen molar-refractivity contribution < 1.29 is 8.83 Å². The Morgan fingerprint density at radius 3 is 1.71 bits per heavy atom. The maximum Gasteiger partial charge on any atom is 0.143 e. The predicted octanol–water partition coefficient (Wildman–Crippen LogP) is 15.1. The largest absolute Gasteiger partial charge is 0.456 e. The summed E-state index contributed by atoms with van der Waals surface area (Å²) in [6.45, 7) is 0. The Labute approximate surface area is 317 Å². The van der Waals surface area contributed by atoms with Gasteiger partial charge in [-0.25, -0.2) is 0 Å². The van der Waals surface area contributed by atoms with Crippen LogP contribution in [0.3, 0.4) is 0 Å². The predicted molar refractivity (Wildman–Crippen MR) is 229 cm³/mol.